The monoisotopic (exact) mass is 332 g/mol. The second-order valence-electron chi connectivity index (χ2n) is 4.01. The number of hydrogen-bond donors (Lipinski definition) is 1. The van der Waals surface area contributed by atoms with Gasteiger partial charge in [-0.25, -0.2) is 9.67 Å². The normalized spacial score (nSPS) is 12.9. The zero-order valence-corrected chi connectivity index (χ0v) is 12.5. The van der Waals surface area contributed by atoms with Crippen LogP contribution >= 0.6 is 34.8 Å². The van der Waals surface area contributed by atoms with Gasteiger partial charge in [0.2, 0.25) is 0 Å². The predicted molar refractivity (Wildman–Crippen MR) is 78.1 cm³/mol. The number of rotatable bonds is 5. The van der Waals surface area contributed by atoms with E-state index in [0.717, 1.165) is 0 Å². The lowest BCUT2D eigenvalue weighted by molar-refractivity contribution is 0.0910. The van der Waals surface area contributed by atoms with Crippen molar-refractivity contribution in [3.63, 3.8) is 0 Å². The van der Waals surface area contributed by atoms with Crippen LogP contribution in [0.2, 0.25) is 0 Å². The van der Waals surface area contributed by atoms with Crippen LogP contribution in [0.15, 0.2) is 43.0 Å². The van der Waals surface area contributed by atoms with Crippen LogP contribution in [0.4, 0.5) is 0 Å². The molecule has 0 saturated carbocycles. The Hall–Kier alpha value is -1.30. The van der Waals surface area contributed by atoms with Crippen molar-refractivity contribution in [1.29, 1.82) is 0 Å². The molecule has 0 saturated heterocycles. The van der Waals surface area contributed by atoms with Gasteiger partial charge in [0.25, 0.3) is 5.91 Å². The van der Waals surface area contributed by atoms with Crippen LogP contribution in [0.1, 0.15) is 16.5 Å². The number of nitrogens with one attached hydrogen (secondary N) is 1. The molecule has 1 unspecified atom stereocenters. The van der Waals surface area contributed by atoms with E-state index in [0.29, 0.717) is 5.56 Å². The maximum absolute atomic E-state index is 12.2. The molecule has 0 bridgehead atoms. The number of carbonyl (C=O) groups excluding carboxylic acids is 1. The zero-order valence-electron chi connectivity index (χ0n) is 10.2. The fourth-order valence-corrected chi connectivity index (χ4v) is 2.04. The largest absolute Gasteiger partial charge is 0.328 e. The fraction of sp³-hybridized carbons (Fsp3) is 0.250. The molecule has 2 rings (SSSR count). The molecule has 0 radical (unpaired) electrons. The first-order valence-corrected chi connectivity index (χ1v) is 6.97. The molecule has 5 nitrogen and oxygen atoms in total. The first-order valence-electron chi connectivity index (χ1n) is 5.68. The molecule has 0 fully saturated rings. The van der Waals surface area contributed by atoms with Gasteiger partial charge in [-0.05, 0) is 12.1 Å². The number of halogens is 3. The summed E-state index contributed by atoms with van der Waals surface area (Å²) in [5.41, 5.74) is 0.483. The summed E-state index contributed by atoms with van der Waals surface area (Å²) in [6.45, 7) is 0. The third-order valence-corrected chi connectivity index (χ3v) is 3.96. The molecule has 1 amide bonds. The molecule has 8 heteroatoms. The highest BCUT2D eigenvalue weighted by Crippen LogP contribution is 2.33. The minimum Gasteiger partial charge on any atom is -0.328 e. The van der Waals surface area contributed by atoms with Gasteiger partial charge in [-0.1, -0.05) is 41.4 Å². The van der Waals surface area contributed by atoms with Gasteiger partial charge in [0, 0.05) is 5.56 Å². The lowest BCUT2D eigenvalue weighted by atomic mass is 10.2. The molecule has 0 aliphatic heterocycles. The molecular weight excluding hydrogens is 323 g/mol. The van der Waals surface area contributed by atoms with Gasteiger partial charge in [0.15, 0.2) is 10.5 Å². The van der Waals surface area contributed by atoms with Gasteiger partial charge in [0.1, 0.15) is 12.7 Å². The first kappa shape index (κ1) is 15.1. The maximum Gasteiger partial charge on any atom is 0.253 e. The highest BCUT2D eigenvalue weighted by atomic mass is 35.5. The number of amides is 1. The molecule has 1 aromatic heterocycles. The summed E-state index contributed by atoms with van der Waals surface area (Å²) < 4.78 is -0.0666. The SMILES string of the molecule is O=C(NC(n1cncn1)C(Cl)(Cl)CCl)c1ccccc1. The molecule has 1 aromatic carbocycles. The molecule has 1 atom stereocenters. The summed E-state index contributed by atoms with van der Waals surface area (Å²) in [7, 11) is 0. The van der Waals surface area contributed by atoms with E-state index in [1.807, 2.05) is 6.07 Å². The maximum atomic E-state index is 12.2. The Labute approximate surface area is 130 Å². The molecule has 1 N–H and O–H groups in total. The lowest BCUT2D eigenvalue weighted by Gasteiger charge is -2.28. The summed E-state index contributed by atoms with van der Waals surface area (Å²) in [4.78, 5) is 16.0. The van der Waals surface area contributed by atoms with Gasteiger partial charge in [-0.15, -0.1) is 11.6 Å². The van der Waals surface area contributed by atoms with E-state index in [1.165, 1.54) is 17.3 Å². The van der Waals surface area contributed by atoms with Crippen molar-refractivity contribution in [3.05, 3.63) is 48.5 Å². The van der Waals surface area contributed by atoms with Crippen LogP contribution in [0.25, 0.3) is 0 Å². The van der Waals surface area contributed by atoms with E-state index in [1.54, 1.807) is 24.3 Å². The molecule has 20 heavy (non-hydrogen) atoms. The summed E-state index contributed by atoms with van der Waals surface area (Å²) in [5.74, 6) is -0.419. The standard InChI is InChI=1S/C12H11Cl3N4O/c13-6-12(14,15)11(19-8-16-7-17-19)18-10(20)9-4-2-1-3-5-9/h1-5,7-8,11H,6H2,(H,18,20). The third kappa shape index (κ3) is 3.42. The third-order valence-electron chi connectivity index (χ3n) is 2.58. The second kappa shape index (κ2) is 6.43. The van der Waals surface area contributed by atoms with Crippen LogP contribution in [0.5, 0.6) is 0 Å². The van der Waals surface area contributed by atoms with Gasteiger partial charge in [-0.3, -0.25) is 4.79 Å². The van der Waals surface area contributed by atoms with E-state index in [2.05, 4.69) is 15.4 Å². The fourth-order valence-electron chi connectivity index (χ4n) is 1.59. The van der Waals surface area contributed by atoms with E-state index < -0.39 is 10.5 Å². The zero-order chi connectivity index (χ0) is 14.6. The highest BCUT2D eigenvalue weighted by Gasteiger charge is 2.37. The molecule has 106 valence electrons. The van der Waals surface area contributed by atoms with E-state index in [9.17, 15) is 4.79 Å². The van der Waals surface area contributed by atoms with Gasteiger partial charge >= 0.3 is 0 Å². The summed E-state index contributed by atoms with van der Waals surface area (Å²) >= 11 is 18.0. The Balaban J connectivity index is 2.23. The Morgan fingerprint density at radius 3 is 2.60 bits per heavy atom. The Bertz CT molecular complexity index is 559. The van der Waals surface area contributed by atoms with Crippen LogP contribution in [0.3, 0.4) is 0 Å². The first-order chi connectivity index (χ1) is 9.54. The topological polar surface area (TPSA) is 59.8 Å². The van der Waals surface area contributed by atoms with Gasteiger partial charge < -0.3 is 5.32 Å². The Morgan fingerprint density at radius 1 is 1.35 bits per heavy atom. The summed E-state index contributed by atoms with van der Waals surface area (Å²) in [6.07, 6.45) is 1.89. The minimum absolute atomic E-state index is 0.0876. The highest BCUT2D eigenvalue weighted by molar-refractivity contribution is 6.51. The van der Waals surface area contributed by atoms with E-state index in [-0.39, 0.29) is 11.8 Å². The number of nitrogens with zero attached hydrogens (tertiary/aromatic N) is 3. The second-order valence-corrected chi connectivity index (χ2v) is 5.82. The Morgan fingerprint density at radius 2 is 2.05 bits per heavy atom. The number of aromatic nitrogens is 3. The van der Waals surface area contributed by atoms with Crippen molar-refractivity contribution < 1.29 is 4.79 Å². The molecular formula is C12H11Cl3N4O. The van der Waals surface area contributed by atoms with Crippen molar-refractivity contribution in [1.82, 2.24) is 20.1 Å². The quantitative estimate of drug-likeness (QED) is 0.856. The van der Waals surface area contributed by atoms with Crippen LogP contribution in [0, 0.1) is 0 Å². The average Bonchev–Trinajstić information content (AvgIpc) is 2.99. The van der Waals surface area contributed by atoms with Gasteiger partial charge in [-0.2, -0.15) is 5.10 Å². The summed E-state index contributed by atoms with van der Waals surface area (Å²) in [5, 5.41) is 6.64. The molecule has 2 aromatic rings. The molecule has 1 heterocycles. The van der Waals surface area contributed by atoms with Crippen molar-refractivity contribution in [2.45, 2.75) is 10.5 Å². The van der Waals surface area contributed by atoms with Crippen molar-refractivity contribution in [3.8, 4) is 0 Å². The van der Waals surface area contributed by atoms with E-state index in [4.69, 9.17) is 34.8 Å². The Kier molecular flexibility index (Phi) is 4.86. The predicted octanol–water partition coefficient (Wildman–Crippen LogP) is 2.62. The smallest absolute Gasteiger partial charge is 0.253 e. The average molecular weight is 334 g/mol. The number of benzene rings is 1. The van der Waals surface area contributed by atoms with Crippen LogP contribution < -0.4 is 5.32 Å². The molecule has 0 aliphatic rings. The van der Waals surface area contributed by atoms with Crippen molar-refractivity contribution in [2.24, 2.45) is 0 Å². The van der Waals surface area contributed by atoms with Gasteiger partial charge in [0.05, 0.1) is 5.88 Å². The molecule has 0 spiro atoms. The number of hydrogen-bond acceptors (Lipinski definition) is 3. The number of alkyl halides is 3. The summed E-state index contributed by atoms with van der Waals surface area (Å²) in [6, 6.07) is 8.69. The van der Waals surface area contributed by atoms with Crippen molar-refractivity contribution >= 4 is 40.7 Å². The van der Waals surface area contributed by atoms with E-state index >= 15 is 0 Å². The van der Waals surface area contributed by atoms with Crippen LogP contribution in [-0.4, -0.2) is 30.9 Å². The molecule has 0 aliphatic carbocycles. The van der Waals surface area contributed by atoms with Crippen molar-refractivity contribution in [2.75, 3.05) is 5.88 Å². The van der Waals surface area contributed by atoms with Crippen LogP contribution in [-0.2, 0) is 0 Å². The minimum atomic E-state index is -1.42. The number of carbonyl (C=O) groups is 1. The lowest BCUT2D eigenvalue weighted by Crippen LogP contribution is -2.44.